The van der Waals surface area contributed by atoms with Gasteiger partial charge in [-0.1, -0.05) is 30.4 Å². The Kier molecular flexibility index (Phi) is 31.4. The van der Waals surface area contributed by atoms with E-state index in [4.69, 9.17) is 38.6 Å². The maximum absolute atomic E-state index is 6.64. The maximum Gasteiger partial charge on any atom is 0.199 e. The number of nitrogens with zero attached hydrogens (tertiary/aromatic N) is 4. The van der Waals surface area contributed by atoms with E-state index in [1.807, 2.05) is 83.6 Å². The molecule has 46 heavy (non-hydrogen) atoms. The first-order chi connectivity index (χ1) is 20.8. The van der Waals surface area contributed by atoms with Gasteiger partial charge in [0.25, 0.3) is 0 Å². The number of thioether (sulfide) groups is 2. The highest BCUT2D eigenvalue weighted by atomic mass is 35.5. The Morgan fingerprint density at radius 3 is 1.76 bits per heavy atom. The lowest BCUT2D eigenvalue weighted by molar-refractivity contribution is 0.198. The molecule has 0 radical (unpaired) electrons. The minimum atomic E-state index is 0. The molecule has 0 amide bonds. The van der Waals surface area contributed by atoms with Crippen molar-refractivity contribution < 1.29 is 9.47 Å². The minimum Gasteiger partial charge on any atom is -0.492 e. The molecule has 4 unspecified atom stereocenters. The third kappa shape index (κ3) is 25.5. The molecule has 0 bridgehead atoms. The average molecular weight is 769 g/mol. The second-order valence-electron chi connectivity index (χ2n) is 9.46. The summed E-state index contributed by atoms with van der Waals surface area (Å²) in [6.45, 7) is 7.51. The Balaban J connectivity index is -0.000000677. The van der Waals surface area contributed by atoms with Crippen LogP contribution in [-0.4, -0.2) is 95.1 Å². The van der Waals surface area contributed by atoms with Crippen molar-refractivity contribution in [1.29, 1.82) is 5.41 Å². The van der Waals surface area contributed by atoms with Crippen molar-refractivity contribution in [3.8, 4) is 11.5 Å². The molecule has 0 heterocycles. The monoisotopic (exact) mass is 768 g/mol. The minimum absolute atomic E-state index is 0. The van der Waals surface area contributed by atoms with Gasteiger partial charge < -0.3 is 36.1 Å². The lowest BCUT2D eigenvalue weighted by Gasteiger charge is -2.20. The molecule has 260 valence electrons. The summed E-state index contributed by atoms with van der Waals surface area (Å²) in [4.78, 5) is 12.2. The molecule has 2 rings (SSSR count). The number of thiocarbonyl (C=S) groups is 2. The standard InChI is InChI=1S/C14H23N4OPS2.C12H16N2OS.C3H8N2S.ClH.H3P/c1-10(18(2)3)8-19-12-6-4-11(5-7-12)16-14(21)17-13(15)22-9-20;1-10(14(2)3)8-15-12-6-4-11(5-7-12)13-9-16;1-2-6-3(4)5;;/h4-7,10H,8-9,20H2,1-3H3,(H3,15,16,17,21);4-7,10H,8H2,1-3H3;2H2,1H3,(H3,4,5);1H;1H3. The molecule has 2 aromatic rings. The fraction of sp³-hybridized carbons (Fsp3) is 0.448. The summed E-state index contributed by atoms with van der Waals surface area (Å²) in [5, 5.41) is 13.0. The van der Waals surface area contributed by atoms with Crippen LogP contribution in [0.5, 0.6) is 11.5 Å². The van der Waals surface area contributed by atoms with Crippen molar-refractivity contribution in [3.63, 3.8) is 0 Å². The molecular weight excluding hydrogens is 718 g/mol. The molecule has 2 aromatic carbocycles. The Labute approximate surface area is 306 Å². The Hall–Kier alpha value is -1.56. The van der Waals surface area contributed by atoms with Crippen LogP contribution in [0.2, 0.25) is 0 Å². The zero-order valence-electron chi connectivity index (χ0n) is 27.7. The number of nitrogens with two attached hydrogens (primary N) is 2. The number of hydrogen-bond donors (Lipinski definition) is 4. The van der Waals surface area contributed by atoms with E-state index in [0.717, 1.165) is 34.1 Å². The quantitative estimate of drug-likeness (QED) is 0.0820. The van der Waals surface area contributed by atoms with Crippen LogP contribution in [0.3, 0.4) is 0 Å². The Bertz CT molecular complexity index is 1190. The van der Waals surface area contributed by atoms with Gasteiger partial charge >= 0.3 is 0 Å². The molecule has 17 heteroatoms. The highest BCUT2D eigenvalue weighted by molar-refractivity contribution is 8.16. The molecule has 0 saturated heterocycles. The number of amidine groups is 2. The first-order valence-corrected chi connectivity index (χ1v) is 17.2. The van der Waals surface area contributed by atoms with E-state index < -0.39 is 0 Å². The normalized spacial score (nSPS) is 11.5. The Morgan fingerprint density at radius 2 is 1.41 bits per heavy atom. The summed E-state index contributed by atoms with van der Waals surface area (Å²) < 4.78 is 11.4. The summed E-state index contributed by atoms with van der Waals surface area (Å²) in [7, 11) is 10.7. The van der Waals surface area contributed by atoms with Crippen molar-refractivity contribution in [2.45, 2.75) is 32.9 Å². The molecule has 0 aliphatic heterocycles. The molecule has 0 aromatic heterocycles. The van der Waals surface area contributed by atoms with E-state index in [9.17, 15) is 0 Å². The van der Waals surface area contributed by atoms with Crippen molar-refractivity contribution in [1.82, 2.24) is 9.80 Å². The first kappa shape index (κ1) is 48.8. The van der Waals surface area contributed by atoms with Crippen molar-refractivity contribution in [2.24, 2.45) is 21.5 Å². The van der Waals surface area contributed by atoms with E-state index in [1.165, 1.54) is 23.5 Å². The van der Waals surface area contributed by atoms with Crippen LogP contribution in [-0.2, 0) is 0 Å². The van der Waals surface area contributed by atoms with Crippen LogP contribution < -0.4 is 26.3 Å². The van der Waals surface area contributed by atoms with Gasteiger partial charge in [0, 0.05) is 23.3 Å². The number of benzene rings is 2. The molecule has 0 fully saturated rings. The van der Waals surface area contributed by atoms with Gasteiger partial charge in [-0.3, -0.25) is 5.41 Å². The largest absolute Gasteiger partial charge is 0.492 e. The van der Waals surface area contributed by atoms with Crippen molar-refractivity contribution in [3.05, 3.63) is 48.5 Å². The molecule has 0 spiro atoms. The number of likely N-dealkylation sites (N-methyl/N-ethyl adjacent to an activating group) is 2. The van der Waals surface area contributed by atoms with Crippen LogP contribution in [0.15, 0.2) is 58.5 Å². The summed E-state index contributed by atoms with van der Waals surface area (Å²) in [6.07, 6.45) is 0. The molecule has 0 aliphatic carbocycles. The van der Waals surface area contributed by atoms with Gasteiger partial charge in [-0.15, -0.1) is 21.6 Å². The lowest BCUT2D eigenvalue weighted by Crippen LogP contribution is -2.30. The van der Waals surface area contributed by atoms with Crippen LogP contribution >= 0.6 is 79.5 Å². The van der Waals surface area contributed by atoms with E-state index in [2.05, 4.69) is 65.6 Å². The van der Waals surface area contributed by atoms with E-state index in [0.29, 0.717) is 35.6 Å². The molecule has 6 N–H and O–H groups in total. The number of isothiocyanates is 1. The summed E-state index contributed by atoms with van der Waals surface area (Å²) >= 11 is 12.4. The highest BCUT2D eigenvalue weighted by Gasteiger charge is 2.06. The smallest absolute Gasteiger partial charge is 0.199 e. The topological polar surface area (TPSA) is 138 Å². The third-order valence-electron chi connectivity index (χ3n) is 5.61. The van der Waals surface area contributed by atoms with E-state index in [1.54, 1.807) is 0 Å². The SMILES string of the molecule is CC(COc1ccc(N=C=S)cc1)N(C)C.CC(COc1ccc(NC(=S)N=C(N)SCP)cc1)N(C)C.CCSC(=N)N.Cl.P. The number of aliphatic imine (C=N–C) groups is 2. The fourth-order valence-electron chi connectivity index (χ4n) is 2.56. The van der Waals surface area contributed by atoms with Gasteiger partial charge in [-0.25, -0.2) is 0 Å². The number of halogens is 1. The van der Waals surface area contributed by atoms with Crippen LogP contribution in [0.4, 0.5) is 11.4 Å². The molecule has 0 aliphatic rings. The lowest BCUT2D eigenvalue weighted by atomic mass is 10.3. The van der Waals surface area contributed by atoms with E-state index in [-0.39, 0.29) is 27.5 Å². The van der Waals surface area contributed by atoms with Gasteiger partial charge in [-0.05, 0) is 121 Å². The Morgan fingerprint density at radius 1 is 0.957 bits per heavy atom. The third-order valence-corrected chi connectivity index (χ3v) is 7.54. The zero-order valence-corrected chi connectivity index (χ0v) is 34.3. The number of rotatable bonds is 12. The molecule has 10 nitrogen and oxygen atoms in total. The van der Waals surface area contributed by atoms with Crippen molar-refractivity contribution in [2.75, 3.05) is 58.0 Å². The van der Waals surface area contributed by atoms with Crippen LogP contribution in [0.25, 0.3) is 0 Å². The van der Waals surface area contributed by atoms with Crippen molar-refractivity contribution >= 4 is 111 Å². The van der Waals surface area contributed by atoms with Crippen LogP contribution in [0.1, 0.15) is 20.8 Å². The van der Waals surface area contributed by atoms with Gasteiger partial charge in [0.05, 0.1) is 10.8 Å². The summed E-state index contributed by atoms with van der Waals surface area (Å²) in [5.41, 5.74) is 13.1. The van der Waals surface area contributed by atoms with Gasteiger partial charge in [-0.2, -0.15) is 19.9 Å². The fourth-order valence-corrected chi connectivity index (χ4v) is 4.09. The summed E-state index contributed by atoms with van der Waals surface area (Å²) in [5.74, 6) is 2.57. The number of anilines is 1. The van der Waals surface area contributed by atoms with E-state index >= 15 is 0 Å². The number of hydrogen-bond acceptors (Lipinski definition) is 10. The molecule has 0 saturated carbocycles. The van der Waals surface area contributed by atoms with Gasteiger partial charge in [0.1, 0.15) is 24.7 Å². The predicted octanol–water partition coefficient (Wildman–Crippen LogP) is 6.46. The first-order valence-electron chi connectivity index (χ1n) is 13.6. The zero-order chi connectivity index (χ0) is 33.5. The summed E-state index contributed by atoms with van der Waals surface area (Å²) in [6, 6.07) is 15.8. The molecule has 4 atom stereocenters. The highest BCUT2D eigenvalue weighted by Crippen LogP contribution is 2.18. The maximum atomic E-state index is 6.64. The number of ether oxygens (including phenoxy) is 2. The number of nitrogens with one attached hydrogen (secondary N) is 2. The van der Waals surface area contributed by atoms with Gasteiger partial charge in [0.15, 0.2) is 15.4 Å². The van der Waals surface area contributed by atoms with Gasteiger partial charge in [0.2, 0.25) is 0 Å². The molecular formula is C29H51ClN8O2P2S4. The second kappa shape index (κ2) is 29.6. The van der Waals surface area contributed by atoms with Crippen LogP contribution in [0, 0.1) is 5.41 Å². The predicted molar refractivity (Wildman–Crippen MR) is 223 cm³/mol. The second-order valence-corrected chi connectivity index (χ2v) is 13.4. The average Bonchev–Trinajstić information content (AvgIpc) is 2.96.